The molecule has 2 N–H and O–H groups in total. The molecule has 0 aromatic heterocycles. The van der Waals surface area contributed by atoms with Gasteiger partial charge in [0.15, 0.2) is 18.1 Å². The molecule has 0 saturated heterocycles. The van der Waals surface area contributed by atoms with Crippen LogP contribution in [0.4, 0.5) is 0 Å². The summed E-state index contributed by atoms with van der Waals surface area (Å²) in [4.78, 5) is 12.5. The van der Waals surface area contributed by atoms with E-state index in [-0.39, 0.29) is 36.0 Å². The van der Waals surface area contributed by atoms with Gasteiger partial charge in [-0.05, 0) is 31.5 Å². The van der Waals surface area contributed by atoms with Crippen molar-refractivity contribution in [3.63, 3.8) is 0 Å². The van der Waals surface area contributed by atoms with Crippen LogP contribution in [0, 0.1) is 22.7 Å². The summed E-state index contributed by atoms with van der Waals surface area (Å²) in [6.45, 7) is 3.25. The zero-order valence-electron chi connectivity index (χ0n) is 15.2. The zero-order chi connectivity index (χ0) is 20.0. The number of benzene rings is 1. The minimum Gasteiger partial charge on any atom is -0.493 e. The first-order valence-corrected chi connectivity index (χ1v) is 8.11. The van der Waals surface area contributed by atoms with E-state index in [2.05, 4.69) is 0 Å². The highest BCUT2D eigenvalue weighted by molar-refractivity contribution is 5.92. The molecule has 1 aromatic rings. The number of nitriles is 2. The molecule has 1 aliphatic rings. The number of nitrogens with two attached hydrogens (primary N) is 1. The standard InChI is InChI=1S/C19H19N3O5/c1-4-25-19(23)16-11(2)27-18(22)13(10-21)17(16)12-5-6-14(24-3)15(9-12)26-8-7-20/h5-6,9,17H,4,8,22H2,1-3H3. The van der Waals surface area contributed by atoms with Gasteiger partial charge in [-0.2, -0.15) is 10.5 Å². The van der Waals surface area contributed by atoms with Gasteiger partial charge in [0.05, 0.1) is 25.2 Å². The Balaban J connectivity index is 2.62. The molecular formula is C19H19N3O5. The SMILES string of the molecule is CCOC(=O)C1=C(C)OC(N)=C(C#N)C1c1ccc(OC)c(OCC#N)c1. The Bertz CT molecular complexity index is 890. The normalized spacial score (nSPS) is 16.1. The van der Waals surface area contributed by atoms with Crippen LogP contribution in [-0.4, -0.2) is 26.3 Å². The lowest BCUT2D eigenvalue weighted by atomic mass is 9.83. The second kappa shape index (κ2) is 8.63. The second-order valence-electron chi connectivity index (χ2n) is 5.47. The quantitative estimate of drug-likeness (QED) is 0.756. The van der Waals surface area contributed by atoms with Crippen molar-refractivity contribution in [1.82, 2.24) is 0 Å². The maximum absolute atomic E-state index is 12.5. The van der Waals surface area contributed by atoms with Crippen molar-refractivity contribution in [2.24, 2.45) is 5.73 Å². The molecule has 0 fully saturated rings. The fourth-order valence-electron chi connectivity index (χ4n) is 2.78. The van der Waals surface area contributed by atoms with Gasteiger partial charge in [0, 0.05) is 0 Å². The van der Waals surface area contributed by atoms with E-state index in [1.807, 2.05) is 12.1 Å². The third kappa shape index (κ3) is 3.96. The maximum Gasteiger partial charge on any atom is 0.338 e. The first-order chi connectivity index (χ1) is 13.0. The molecule has 1 aliphatic heterocycles. The van der Waals surface area contributed by atoms with E-state index in [4.69, 9.17) is 29.9 Å². The molecular weight excluding hydrogens is 350 g/mol. The van der Waals surface area contributed by atoms with E-state index in [0.717, 1.165) is 0 Å². The number of hydrogen-bond acceptors (Lipinski definition) is 8. The molecule has 1 atom stereocenters. The van der Waals surface area contributed by atoms with Crippen LogP contribution in [0.1, 0.15) is 25.3 Å². The van der Waals surface area contributed by atoms with E-state index in [0.29, 0.717) is 17.1 Å². The summed E-state index contributed by atoms with van der Waals surface area (Å²) >= 11 is 0. The summed E-state index contributed by atoms with van der Waals surface area (Å²) in [5.74, 6) is -0.503. The molecule has 27 heavy (non-hydrogen) atoms. The number of esters is 1. The van der Waals surface area contributed by atoms with Crippen molar-refractivity contribution >= 4 is 5.97 Å². The Morgan fingerprint density at radius 1 is 1.33 bits per heavy atom. The predicted octanol–water partition coefficient (Wildman–Crippen LogP) is 2.24. The first kappa shape index (κ1) is 19.7. The second-order valence-corrected chi connectivity index (χ2v) is 5.47. The van der Waals surface area contributed by atoms with Crippen LogP contribution < -0.4 is 15.2 Å². The monoisotopic (exact) mass is 369 g/mol. The van der Waals surface area contributed by atoms with Crippen molar-refractivity contribution in [3.8, 4) is 23.6 Å². The van der Waals surface area contributed by atoms with E-state index < -0.39 is 11.9 Å². The third-order valence-electron chi connectivity index (χ3n) is 3.91. The molecule has 1 aromatic carbocycles. The van der Waals surface area contributed by atoms with Crippen LogP contribution in [-0.2, 0) is 14.3 Å². The minimum atomic E-state index is -0.793. The Hall–Kier alpha value is -3.65. The lowest BCUT2D eigenvalue weighted by Crippen LogP contribution is -2.25. The number of rotatable bonds is 6. The average Bonchev–Trinajstić information content (AvgIpc) is 2.65. The lowest BCUT2D eigenvalue weighted by molar-refractivity contribution is -0.139. The third-order valence-corrected chi connectivity index (χ3v) is 3.91. The smallest absolute Gasteiger partial charge is 0.338 e. The molecule has 1 heterocycles. The molecule has 0 bridgehead atoms. The summed E-state index contributed by atoms with van der Waals surface area (Å²) < 4.78 is 21.1. The van der Waals surface area contributed by atoms with Gasteiger partial charge < -0.3 is 24.7 Å². The number of carbonyl (C=O) groups is 1. The number of methoxy groups -OCH3 is 1. The summed E-state index contributed by atoms with van der Waals surface area (Å²) in [5, 5.41) is 18.3. The molecule has 8 nitrogen and oxygen atoms in total. The summed E-state index contributed by atoms with van der Waals surface area (Å²) in [7, 11) is 1.47. The van der Waals surface area contributed by atoms with Gasteiger partial charge in [-0.3, -0.25) is 0 Å². The topological polar surface area (TPSA) is 128 Å². The molecule has 0 spiro atoms. The van der Waals surface area contributed by atoms with Crippen LogP contribution in [0.5, 0.6) is 11.5 Å². The van der Waals surface area contributed by atoms with E-state index >= 15 is 0 Å². The fourth-order valence-corrected chi connectivity index (χ4v) is 2.78. The van der Waals surface area contributed by atoms with Crippen molar-refractivity contribution in [2.75, 3.05) is 20.3 Å². The van der Waals surface area contributed by atoms with E-state index in [1.54, 1.807) is 32.0 Å². The van der Waals surface area contributed by atoms with E-state index in [9.17, 15) is 10.1 Å². The number of allylic oxidation sites excluding steroid dienone is 2. The molecule has 0 amide bonds. The molecule has 2 rings (SSSR count). The molecule has 0 aliphatic carbocycles. The van der Waals surface area contributed by atoms with Crippen LogP contribution in [0.25, 0.3) is 0 Å². The molecule has 0 radical (unpaired) electrons. The van der Waals surface area contributed by atoms with Crippen molar-refractivity contribution in [2.45, 2.75) is 19.8 Å². The number of ether oxygens (including phenoxy) is 4. The minimum absolute atomic E-state index is 0.0802. The Kier molecular flexibility index (Phi) is 6.29. The van der Waals surface area contributed by atoms with Crippen LogP contribution >= 0.6 is 0 Å². The zero-order valence-corrected chi connectivity index (χ0v) is 15.2. The Labute approximate surface area is 157 Å². The molecule has 0 saturated carbocycles. The van der Waals surface area contributed by atoms with Crippen molar-refractivity contribution < 1.29 is 23.7 Å². The van der Waals surface area contributed by atoms with Gasteiger partial charge in [-0.15, -0.1) is 0 Å². The number of hydrogen-bond donors (Lipinski definition) is 1. The molecule has 140 valence electrons. The number of nitrogens with zero attached hydrogens (tertiary/aromatic N) is 2. The van der Waals surface area contributed by atoms with Crippen LogP contribution in [0.2, 0.25) is 0 Å². The Morgan fingerprint density at radius 3 is 2.67 bits per heavy atom. The Morgan fingerprint density at radius 2 is 2.07 bits per heavy atom. The summed E-state index contributed by atoms with van der Waals surface area (Å²) in [5.41, 5.74) is 6.68. The van der Waals surface area contributed by atoms with Gasteiger partial charge in [-0.1, -0.05) is 6.07 Å². The van der Waals surface area contributed by atoms with Crippen molar-refractivity contribution in [1.29, 1.82) is 10.5 Å². The largest absolute Gasteiger partial charge is 0.493 e. The molecule has 1 unspecified atom stereocenters. The first-order valence-electron chi connectivity index (χ1n) is 8.11. The predicted molar refractivity (Wildman–Crippen MR) is 94.1 cm³/mol. The van der Waals surface area contributed by atoms with E-state index in [1.165, 1.54) is 7.11 Å². The fraction of sp³-hybridized carbons (Fsp3) is 0.316. The van der Waals surface area contributed by atoms with Crippen LogP contribution in [0.3, 0.4) is 0 Å². The van der Waals surface area contributed by atoms with Gasteiger partial charge in [0.1, 0.15) is 23.5 Å². The lowest BCUT2D eigenvalue weighted by Gasteiger charge is -2.27. The van der Waals surface area contributed by atoms with Gasteiger partial charge in [0.25, 0.3) is 0 Å². The van der Waals surface area contributed by atoms with Crippen LogP contribution in [0.15, 0.2) is 41.0 Å². The van der Waals surface area contributed by atoms with Crippen molar-refractivity contribution in [3.05, 3.63) is 46.6 Å². The highest BCUT2D eigenvalue weighted by Gasteiger charge is 2.36. The van der Waals surface area contributed by atoms with Gasteiger partial charge in [0.2, 0.25) is 5.88 Å². The molecule has 8 heteroatoms. The summed E-state index contributed by atoms with van der Waals surface area (Å²) in [6.07, 6.45) is 0. The average molecular weight is 369 g/mol. The number of carbonyl (C=O) groups excluding carboxylic acids is 1. The summed E-state index contributed by atoms with van der Waals surface area (Å²) in [6, 6.07) is 8.80. The van der Waals surface area contributed by atoms with Gasteiger partial charge in [-0.25, -0.2) is 4.79 Å². The highest BCUT2D eigenvalue weighted by Crippen LogP contribution is 2.42. The highest BCUT2D eigenvalue weighted by atomic mass is 16.5. The van der Waals surface area contributed by atoms with Gasteiger partial charge >= 0.3 is 5.97 Å². The maximum atomic E-state index is 12.5.